The maximum atomic E-state index is 10.1. The van der Waals surface area contributed by atoms with E-state index in [1.807, 2.05) is 0 Å². The molecular formula is C5H9N2O3. The normalized spacial score (nSPS) is 8.50. The fourth-order valence-electron chi connectivity index (χ4n) is 0.359. The molecule has 0 spiro atoms. The second-order valence-electron chi connectivity index (χ2n) is 1.60. The molecule has 10 heavy (non-hydrogen) atoms. The number of carbonyl (C=O) groups excluding carboxylic acids is 2. The smallest absolute Gasteiger partial charge is 0.333 e. The highest BCUT2D eigenvalue weighted by Crippen LogP contribution is 1.72. The van der Waals surface area contributed by atoms with E-state index in [2.05, 4.69) is 10.1 Å². The van der Waals surface area contributed by atoms with Crippen LogP contribution in [0.2, 0.25) is 0 Å². The summed E-state index contributed by atoms with van der Waals surface area (Å²) in [7, 11) is 0. The van der Waals surface area contributed by atoms with E-state index in [4.69, 9.17) is 5.73 Å². The van der Waals surface area contributed by atoms with Gasteiger partial charge in [0.2, 0.25) is 0 Å². The first kappa shape index (κ1) is 8.74. The van der Waals surface area contributed by atoms with Crippen molar-refractivity contribution in [3.8, 4) is 0 Å². The number of rotatable bonds is 3. The maximum absolute atomic E-state index is 10.1. The van der Waals surface area contributed by atoms with Gasteiger partial charge in [0.25, 0.3) is 0 Å². The molecule has 2 amide bonds. The van der Waals surface area contributed by atoms with Gasteiger partial charge >= 0.3 is 12.0 Å². The molecule has 0 saturated carbocycles. The highest BCUT2D eigenvalue weighted by molar-refractivity contribution is 5.70. The summed E-state index contributed by atoms with van der Waals surface area (Å²) in [5, 5.41) is 2.15. The van der Waals surface area contributed by atoms with Crippen molar-refractivity contribution < 1.29 is 14.3 Å². The van der Waals surface area contributed by atoms with Crippen LogP contribution in [0.3, 0.4) is 0 Å². The number of nitrogens with one attached hydrogen (secondary N) is 2. The molecule has 0 aliphatic heterocycles. The van der Waals surface area contributed by atoms with Gasteiger partial charge in [0, 0.05) is 6.92 Å². The van der Waals surface area contributed by atoms with Gasteiger partial charge in [0.1, 0.15) is 6.61 Å². The summed E-state index contributed by atoms with van der Waals surface area (Å²) in [6.45, 7) is 1.60. The molecule has 57 valence electrons. The van der Waals surface area contributed by atoms with Crippen molar-refractivity contribution in [1.29, 1.82) is 0 Å². The maximum Gasteiger partial charge on any atom is 0.333 e. The van der Waals surface area contributed by atoms with Crippen LogP contribution in [0.4, 0.5) is 4.79 Å². The topological polar surface area (TPSA) is 79.2 Å². The third kappa shape index (κ3) is 6.74. The average molecular weight is 145 g/mol. The first-order chi connectivity index (χ1) is 4.63. The van der Waals surface area contributed by atoms with E-state index in [0.717, 1.165) is 0 Å². The van der Waals surface area contributed by atoms with Crippen LogP contribution >= 0.6 is 0 Å². The minimum atomic E-state index is -0.868. The Bertz CT molecular complexity index is 119. The zero-order valence-corrected chi connectivity index (χ0v) is 5.64. The van der Waals surface area contributed by atoms with E-state index in [1.165, 1.54) is 6.92 Å². The van der Waals surface area contributed by atoms with Crippen LogP contribution in [0.15, 0.2) is 0 Å². The van der Waals surface area contributed by atoms with Crippen LogP contribution in [0.5, 0.6) is 0 Å². The molecule has 0 atom stereocenters. The van der Waals surface area contributed by atoms with Gasteiger partial charge in [-0.05, 0) is 0 Å². The average Bonchev–Trinajstić information content (AvgIpc) is 1.79. The minimum absolute atomic E-state index is 0.125. The molecule has 0 bridgehead atoms. The lowest BCUT2D eigenvalue weighted by molar-refractivity contribution is -0.140. The summed E-state index contributed by atoms with van der Waals surface area (Å²) in [4.78, 5) is 20.0. The highest BCUT2D eigenvalue weighted by Gasteiger charge is 1.93. The molecule has 5 nitrogen and oxygen atoms in total. The van der Waals surface area contributed by atoms with Gasteiger partial charge < -0.3 is 10.1 Å². The van der Waals surface area contributed by atoms with E-state index in [0.29, 0.717) is 0 Å². The van der Waals surface area contributed by atoms with Crippen LogP contribution in [0, 0.1) is 0 Å². The molecule has 0 aromatic carbocycles. The second kappa shape index (κ2) is 4.60. The largest absolute Gasteiger partial charge is 0.464 e. The summed E-state index contributed by atoms with van der Waals surface area (Å²) in [6.07, 6.45) is 0. The Hall–Kier alpha value is -1.26. The van der Waals surface area contributed by atoms with Gasteiger partial charge in [-0.15, -0.1) is 0 Å². The molecule has 0 saturated heterocycles. The van der Waals surface area contributed by atoms with Crippen molar-refractivity contribution in [3.05, 3.63) is 0 Å². The number of carbonyl (C=O) groups is 2. The Morgan fingerprint density at radius 2 is 2.20 bits per heavy atom. The Labute approximate surface area is 58.5 Å². The number of ether oxygens (including phenoxy) is 1. The summed E-state index contributed by atoms with van der Waals surface area (Å²) in [5.41, 5.74) is 6.37. The predicted molar refractivity (Wildman–Crippen MR) is 33.1 cm³/mol. The molecule has 0 rings (SSSR count). The highest BCUT2D eigenvalue weighted by atomic mass is 16.5. The third-order valence-electron chi connectivity index (χ3n) is 0.693. The number of esters is 1. The number of urea groups is 1. The van der Waals surface area contributed by atoms with Crippen LogP contribution in [-0.4, -0.2) is 25.2 Å². The monoisotopic (exact) mass is 145 g/mol. The molecule has 0 aromatic rings. The van der Waals surface area contributed by atoms with Gasteiger partial charge in [0.15, 0.2) is 0 Å². The van der Waals surface area contributed by atoms with Crippen molar-refractivity contribution in [2.24, 2.45) is 0 Å². The Balaban J connectivity index is 3.06. The summed E-state index contributed by atoms with van der Waals surface area (Å²) in [6, 6.07) is -0.868. The first-order valence-corrected chi connectivity index (χ1v) is 2.75. The van der Waals surface area contributed by atoms with Gasteiger partial charge in [0.05, 0.1) is 6.54 Å². The van der Waals surface area contributed by atoms with Crippen molar-refractivity contribution in [1.82, 2.24) is 11.1 Å². The van der Waals surface area contributed by atoms with Crippen molar-refractivity contribution in [2.45, 2.75) is 6.92 Å². The molecular weight excluding hydrogens is 136 g/mol. The third-order valence-corrected chi connectivity index (χ3v) is 0.693. The summed E-state index contributed by atoms with van der Waals surface area (Å²) in [5.74, 6) is -0.390. The second-order valence-corrected chi connectivity index (χ2v) is 1.60. The van der Waals surface area contributed by atoms with Crippen LogP contribution in [0.1, 0.15) is 6.92 Å². The van der Waals surface area contributed by atoms with Crippen LogP contribution in [-0.2, 0) is 9.53 Å². The Morgan fingerprint density at radius 3 is 2.60 bits per heavy atom. The van der Waals surface area contributed by atoms with Crippen LogP contribution < -0.4 is 11.1 Å². The van der Waals surface area contributed by atoms with Gasteiger partial charge in [-0.2, -0.15) is 0 Å². The lowest BCUT2D eigenvalue weighted by Gasteiger charge is -2.00. The summed E-state index contributed by atoms with van der Waals surface area (Å²) < 4.78 is 4.46. The molecule has 5 heteroatoms. The van der Waals surface area contributed by atoms with E-state index >= 15 is 0 Å². The molecule has 0 fully saturated rings. The SMILES string of the molecule is CC(=O)OCCNC([NH])=O. The Morgan fingerprint density at radius 1 is 1.60 bits per heavy atom. The van der Waals surface area contributed by atoms with Crippen LogP contribution in [0.25, 0.3) is 0 Å². The minimum Gasteiger partial charge on any atom is -0.464 e. The van der Waals surface area contributed by atoms with E-state index in [1.54, 1.807) is 0 Å². The van der Waals surface area contributed by atoms with E-state index < -0.39 is 6.03 Å². The number of hydrogen-bond donors (Lipinski definition) is 1. The predicted octanol–water partition coefficient (Wildman–Crippen LogP) is -0.458. The lowest BCUT2D eigenvalue weighted by atomic mass is 10.7. The van der Waals surface area contributed by atoms with Crippen molar-refractivity contribution >= 4 is 12.0 Å². The molecule has 0 heterocycles. The molecule has 0 aliphatic rings. The molecule has 2 N–H and O–H groups in total. The molecule has 0 unspecified atom stereocenters. The lowest BCUT2D eigenvalue weighted by Crippen LogP contribution is -2.26. The quantitative estimate of drug-likeness (QED) is 0.431. The molecule has 0 aliphatic carbocycles. The first-order valence-electron chi connectivity index (χ1n) is 2.75. The number of amides is 2. The zero-order chi connectivity index (χ0) is 7.98. The van der Waals surface area contributed by atoms with Crippen molar-refractivity contribution in [2.75, 3.05) is 13.2 Å². The fraction of sp³-hybridized carbons (Fsp3) is 0.600. The van der Waals surface area contributed by atoms with Gasteiger partial charge in [-0.1, -0.05) is 0 Å². The van der Waals surface area contributed by atoms with E-state index in [-0.39, 0.29) is 19.1 Å². The van der Waals surface area contributed by atoms with Gasteiger partial charge in [-0.3, -0.25) is 4.79 Å². The zero-order valence-electron chi connectivity index (χ0n) is 5.64. The number of hydrogen-bond acceptors (Lipinski definition) is 3. The standard InChI is InChI=1S/C5H9N2O3/c1-4(8)10-3-2-7-5(6)9/h6H,2-3H2,1H3,(H,7,9). The summed E-state index contributed by atoms with van der Waals surface area (Å²) >= 11 is 0. The fourth-order valence-corrected chi connectivity index (χ4v) is 0.359. The molecule has 1 radical (unpaired) electrons. The Kier molecular flexibility index (Phi) is 4.02. The van der Waals surface area contributed by atoms with Gasteiger partial charge in [-0.25, -0.2) is 10.5 Å². The molecule has 0 aromatic heterocycles. The van der Waals surface area contributed by atoms with Crippen molar-refractivity contribution in [3.63, 3.8) is 0 Å². The van der Waals surface area contributed by atoms with E-state index in [9.17, 15) is 9.59 Å².